The van der Waals surface area contributed by atoms with Crippen LogP contribution in [0.1, 0.15) is 17.2 Å². The summed E-state index contributed by atoms with van der Waals surface area (Å²) in [7, 11) is -3.30. The van der Waals surface area contributed by atoms with E-state index in [-0.39, 0.29) is 10.6 Å². The van der Waals surface area contributed by atoms with Crippen LogP contribution in [0.25, 0.3) is 10.9 Å². The summed E-state index contributed by atoms with van der Waals surface area (Å²) in [6, 6.07) is 19.1. The van der Waals surface area contributed by atoms with Crippen LogP contribution in [0.2, 0.25) is 0 Å². The molecule has 1 unspecified atom stereocenters. The van der Waals surface area contributed by atoms with E-state index in [0.29, 0.717) is 16.9 Å². The molecule has 146 valence electrons. The zero-order valence-electron chi connectivity index (χ0n) is 15.6. The van der Waals surface area contributed by atoms with Crippen LogP contribution in [0.15, 0.2) is 84.0 Å². The Hall–Kier alpha value is -3.45. The fourth-order valence-corrected chi connectivity index (χ4v) is 3.85. The summed E-state index contributed by atoms with van der Waals surface area (Å²) in [5.74, 6) is 0.703. The van der Waals surface area contributed by atoms with Gasteiger partial charge in [0.1, 0.15) is 17.1 Å². The van der Waals surface area contributed by atoms with Crippen molar-refractivity contribution in [2.24, 2.45) is 0 Å². The molecule has 7 heteroatoms. The number of phenols is 1. The number of benzene rings is 2. The number of nitrogens with one attached hydrogen (secondary N) is 1. The van der Waals surface area contributed by atoms with Crippen molar-refractivity contribution in [3.63, 3.8) is 0 Å². The van der Waals surface area contributed by atoms with Crippen LogP contribution in [0.3, 0.4) is 0 Å². The largest absolute Gasteiger partial charge is 0.505 e. The molecule has 2 N–H and O–H groups in total. The van der Waals surface area contributed by atoms with Crippen molar-refractivity contribution in [1.82, 2.24) is 9.97 Å². The predicted molar refractivity (Wildman–Crippen MR) is 113 cm³/mol. The normalized spacial score (nSPS) is 12.6. The van der Waals surface area contributed by atoms with Crippen LogP contribution < -0.4 is 5.32 Å². The number of pyridine rings is 2. The van der Waals surface area contributed by atoms with E-state index < -0.39 is 15.9 Å². The van der Waals surface area contributed by atoms with Gasteiger partial charge in [0, 0.05) is 29.6 Å². The summed E-state index contributed by atoms with van der Waals surface area (Å²) < 4.78 is 23.6. The molecular weight excluding hydrogens is 386 g/mol. The molecule has 0 radical (unpaired) electrons. The molecule has 0 saturated heterocycles. The number of rotatable bonds is 5. The van der Waals surface area contributed by atoms with E-state index in [1.165, 1.54) is 6.26 Å². The molecule has 0 fully saturated rings. The van der Waals surface area contributed by atoms with Gasteiger partial charge in [0.05, 0.1) is 10.9 Å². The number of nitrogens with zero attached hydrogens (tertiary/aromatic N) is 2. The standard InChI is InChI=1S/C22H19N3O3S/c1-29(27,28)17-10-7-16(8-11-17)20(25-19-6-2-3-13-23-19)18-12-9-15-5-4-14-24-21(15)22(18)26/h2-14,20,26H,1H3,(H,23,25). The van der Waals surface area contributed by atoms with Gasteiger partial charge in [0.15, 0.2) is 9.84 Å². The molecule has 0 spiro atoms. The number of anilines is 1. The minimum atomic E-state index is -3.30. The first-order chi connectivity index (χ1) is 13.9. The number of aromatic hydroxyl groups is 1. The number of hydrogen-bond donors (Lipinski definition) is 2. The maximum absolute atomic E-state index is 11.8. The fourth-order valence-electron chi connectivity index (χ4n) is 3.22. The second-order valence-electron chi connectivity index (χ2n) is 6.71. The highest BCUT2D eigenvalue weighted by Crippen LogP contribution is 2.36. The molecular formula is C22H19N3O3S. The fraction of sp³-hybridized carbons (Fsp3) is 0.0909. The van der Waals surface area contributed by atoms with E-state index in [1.807, 2.05) is 42.5 Å². The Bertz CT molecular complexity index is 1260. The smallest absolute Gasteiger partial charge is 0.175 e. The van der Waals surface area contributed by atoms with Crippen molar-refractivity contribution >= 4 is 26.6 Å². The molecule has 6 nitrogen and oxygen atoms in total. The Balaban J connectivity index is 1.84. The van der Waals surface area contributed by atoms with Gasteiger partial charge in [-0.3, -0.25) is 4.98 Å². The Kier molecular flexibility index (Phi) is 4.90. The van der Waals surface area contributed by atoms with Gasteiger partial charge in [-0.15, -0.1) is 0 Å². The van der Waals surface area contributed by atoms with Crippen molar-refractivity contribution in [1.29, 1.82) is 0 Å². The van der Waals surface area contributed by atoms with Gasteiger partial charge in [0.2, 0.25) is 0 Å². The van der Waals surface area contributed by atoms with Crippen molar-refractivity contribution in [3.8, 4) is 5.75 Å². The quantitative estimate of drug-likeness (QED) is 0.522. The second-order valence-corrected chi connectivity index (χ2v) is 8.73. The molecule has 2 aromatic heterocycles. The number of fused-ring (bicyclic) bond motifs is 1. The molecule has 0 amide bonds. The van der Waals surface area contributed by atoms with Crippen molar-refractivity contribution in [2.45, 2.75) is 10.9 Å². The van der Waals surface area contributed by atoms with Crippen LogP contribution in [0.4, 0.5) is 5.82 Å². The summed E-state index contributed by atoms with van der Waals surface area (Å²) in [4.78, 5) is 8.85. The van der Waals surface area contributed by atoms with Gasteiger partial charge < -0.3 is 10.4 Å². The zero-order chi connectivity index (χ0) is 20.4. The molecule has 29 heavy (non-hydrogen) atoms. The lowest BCUT2D eigenvalue weighted by atomic mass is 9.96. The topological polar surface area (TPSA) is 92.2 Å². The van der Waals surface area contributed by atoms with Crippen LogP contribution in [0.5, 0.6) is 5.75 Å². The molecule has 0 aliphatic carbocycles. The average molecular weight is 405 g/mol. The Labute approximate surface area is 168 Å². The number of sulfone groups is 1. The minimum Gasteiger partial charge on any atom is -0.505 e. The molecule has 0 saturated carbocycles. The lowest BCUT2D eigenvalue weighted by Gasteiger charge is -2.22. The summed E-state index contributed by atoms with van der Waals surface area (Å²) >= 11 is 0. The van der Waals surface area contributed by atoms with Crippen LogP contribution >= 0.6 is 0 Å². The number of phenolic OH excluding ortho intramolecular Hbond substituents is 1. The highest BCUT2D eigenvalue weighted by molar-refractivity contribution is 7.90. The van der Waals surface area contributed by atoms with E-state index in [9.17, 15) is 13.5 Å². The molecule has 0 bridgehead atoms. The second kappa shape index (κ2) is 7.52. The van der Waals surface area contributed by atoms with Crippen molar-refractivity contribution in [2.75, 3.05) is 11.6 Å². The highest BCUT2D eigenvalue weighted by Gasteiger charge is 2.21. The Morgan fingerprint density at radius 1 is 0.897 bits per heavy atom. The number of hydrogen-bond acceptors (Lipinski definition) is 6. The van der Waals surface area contributed by atoms with E-state index >= 15 is 0 Å². The Morgan fingerprint density at radius 3 is 2.34 bits per heavy atom. The van der Waals surface area contributed by atoms with E-state index in [2.05, 4.69) is 15.3 Å². The van der Waals surface area contributed by atoms with Gasteiger partial charge in [-0.2, -0.15) is 0 Å². The van der Waals surface area contributed by atoms with E-state index in [1.54, 1.807) is 36.7 Å². The molecule has 2 aromatic carbocycles. The molecule has 0 aliphatic heterocycles. The maximum Gasteiger partial charge on any atom is 0.175 e. The van der Waals surface area contributed by atoms with Crippen LogP contribution in [0, 0.1) is 0 Å². The lowest BCUT2D eigenvalue weighted by Crippen LogP contribution is -2.14. The van der Waals surface area contributed by atoms with E-state index in [0.717, 1.165) is 10.9 Å². The van der Waals surface area contributed by atoms with E-state index in [4.69, 9.17) is 0 Å². The van der Waals surface area contributed by atoms with Gasteiger partial charge in [-0.05, 0) is 35.9 Å². The first-order valence-corrected chi connectivity index (χ1v) is 10.9. The van der Waals surface area contributed by atoms with Gasteiger partial charge in [-0.1, -0.05) is 36.4 Å². The third-order valence-electron chi connectivity index (χ3n) is 4.69. The molecule has 0 aliphatic rings. The summed E-state index contributed by atoms with van der Waals surface area (Å²) in [6.45, 7) is 0. The minimum absolute atomic E-state index is 0.0729. The molecule has 4 aromatic rings. The highest BCUT2D eigenvalue weighted by atomic mass is 32.2. The predicted octanol–water partition coefficient (Wildman–Crippen LogP) is 3.94. The first-order valence-electron chi connectivity index (χ1n) is 8.98. The molecule has 4 rings (SSSR count). The number of aromatic nitrogens is 2. The third kappa shape index (κ3) is 3.90. The monoisotopic (exact) mass is 405 g/mol. The SMILES string of the molecule is CS(=O)(=O)c1ccc(C(Nc2ccccn2)c2ccc3cccnc3c2O)cc1. The zero-order valence-corrected chi connectivity index (χ0v) is 16.5. The summed E-state index contributed by atoms with van der Waals surface area (Å²) in [6.07, 6.45) is 4.48. The molecule has 2 heterocycles. The van der Waals surface area contributed by atoms with Crippen molar-refractivity contribution in [3.05, 3.63) is 90.3 Å². The van der Waals surface area contributed by atoms with Gasteiger partial charge >= 0.3 is 0 Å². The third-order valence-corrected chi connectivity index (χ3v) is 5.82. The summed E-state index contributed by atoms with van der Waals surface area (Å²) in [5, 5.41) is 15.1. The van der Waals surface area contributed by atoms with Gasteiger partial charge in [-0.25, -0.2) is 13.4 Å². The first kappa shape index (κ1) is 18.9. The molecule has 1 atom stereocenters. The summed E-state index contributed by atoms with van der Waals surface area (Å²) in [5.41, 5.74) is 1.91. The van der Waals surface area contributed by atoms with Crippen LogP contribution in [-0.2, 0) is 9.84 Å². The average Bonchev–Trinajstić information content (AvgIpc) is 2.73. The maximum atomic E-state index is 11.8. The van der Waals surface area contributed by atoms with Crippen LogP contribution in [-0.4, -0.2) is 29.7 Å². The van der Waals surface area contributed by atoms with Crippen molar-refractivity contribution < 1.29 is 13.5 Å². The lowest BCUT2D eigenvalue weighted by molar-refractivity contribution is 0.471. The van der Waals surface area contributed by atoms with Gasteiger partial charge in [0.25, 0.3) is 0 Å². The Morgan fingerprint density at radius 2 is 1.66 bits per heavy atom.